The third-order valence-corrected chi connectivity index (χ3v) is 6.16. The summed E-state index contributed by atoms with van der Waals surface area (Å²) in [4.78, 5) is 30.5. The Labute approximate surface area is 163 Å². The molecule has 1 aromatic rings. The predicted molar refractivity (Wildman–Crippen MR) is 109 cm³/mol. The molecular weight excluding hydrogens is 338 g/mol. The van der Waals surface area contributed by atoms with Crippen molar-refractivity contribution in [1.29, 1.82) is 0 Å². The van der Waals surface area contributed by atoms with Gasteiger partial charge in [0, 0.05) is 45.0 Å². The van der Waals surface area contributed by atoms with Crippen molar-refractivity contribution in [3.8, 4) is 0 Å². The Morgan fingerprint density at radius 3 is 2.44 bits per heavy atom. The minimum absolute atomic E-state index is 0.107. The van der Waals surface area contributed by atoms with Gasteiger partial charge in [-0.2, -0.15) is 0 Å². The van der Waals surface area contributed by atoms with Gasteiger partial charge in [0.15, 0.2) is 0 Å². The highest BCUT2D eigenvalue weighted by Gasteiger charge is 2.34. The number of aromatic nitrogens is 1. The van der Waals surface area contributed by atoms with Crippen LogP contribution in [-0.2, 0) is 7.05 Å². The van der Waals surface area contributed by atoms with Crippen LogP contribution in [-0.4, -0.2) is 52.5 Å². The first kappa shape index (κ1) is 20.1. The molecule has 1 saturated carbocycles. The average molecular weight is 374 g/mol. The molecule has 1 atom stereocenters. The smallest absolute Gasteiger partial charge is 0.263 e. The van der Waals surface area contributed by atoms with E-state index in [2.05, 4.69) is 32.6 Å². The highest BCUT2D eigenvalue weighted by atomic mass is 16.2. The minimum atomic E-state index is -0.175. The zero-order valence-corrected chi connectivity index (χ0v) is 17.6. The van der Waals surface area contributed by atoms with Gasteiger partial charge < -0.3 is 9.47 Å². The van der Waals surface area contributed by atoms with Crippen LogP contribution in [0, 0.1) is 11.8 Å². The molecule has 2 heterocycles. The largest absolute Gasteiger partial charge is 0.337 e. The standard InChI is InChI=1S/C22H35N3O2/c1-15(2)19-10-9-18(21(26)23(19)5)22(27)25-12-6-11-24(13-17-7-8-17)20(14-25)16(3)4/h9-10,15-17,20H,6-8,11-14H2,1-5H3/t20-/m1/s1. The molecule has 150 valence electrons. The molecule has 2 aliphatic rings. The molecule has 0 bridgehead atoms. The van der Waals surface area contributed by atoms with E-state index in [1.165, 1.54) is 12.8 Å². The van der Waals surface area contributed by atoms with Crippen LogP contribution in [0.4, 0.5) is 0 Å². The van der Waals surface area contributed by atoms with Crippen molar-refractivity contribution in [2.45, 2.75) is 58.9 Å². The summed E-state index contributed by atoms with van der Waals surface area (Å²) >= 11 is 0. The second kappa shape index (κ2) is 8.17. The van der Waals surface area contributed by atoms with Crippen molar-refractivity contribution >= 4 is 5.91 Å². The molecule has 3 rings (SSSR count). The van der Waals surface area contributed by atoms with E-state index in [4.69, 9.17) is 0 Å². The quantitative estimate of drug-likeness (QED) is 0.797. The Morgan fingerprint density at radius 1 is 1.15 bits per heavy atom. The van der Waals surface area contributed by atoms with E-state index < -0.39 is 0 Å². The second-order valence-electron chi connectivity index (χ2n) is 9.05. The molecule has 0 N–H and O–H groups in total. The molecule has 27 heavy (non-hydrogen) atoms. The Hall–Kier alpha value is -1.62. The Bertz CT molecular complexity index is 734. The summed E-state index contributed by atoms with van der Waals surface area (Å²) in [5, 5.41) is 0. The number of carbonyl (C=O) groups excluding carboxylic acids is 1. The van der Waals surface area contributed by atoms with Crippen molar-refractivity contribution in [1.82, 2.24) is 14.4 Å². The van der Waals surface area contributed by atoms with E-state index in [9.17, 15) is 9.59 Å². The van der Waals surface area contributed by atoms with Crippen LogP contribution < -0.4 is 5.56 Å². The lowest BCUT2D eigenvalue weighted by Crippen LogP contribution is -2.47. The van der Waals surface area contributed by atoms with Gasteiger partial charge in [-0.25, -0.2) is 0 Å². The molecule has 5 nitrogen and oxygen atoms in total. The van der Waals surface area contributed by atoms with E-state index in [-0.39, 0.29) is 17.4 Å². The molecule has 5 heteroatoms. The van der Waals surface area contributed by atoms with Crippen LogP contribution in [0.1, 0.15) is 68.9 Å². The summed E-state index contributed by atoms with van der Waals surface area (Å²) in [5.41, 5.74) is 1.09. The Morgan fingerprint density at radius 2 is 1.85 bits per heavy atom. The molecular formula is C22H35N3O2. The van der Waals surface area contributed by atoms with Gasteiger partial charge in [0.1, 0.15) is 5.56 Å². The highest BCUT2D eigenvalue weighted by Crippen LogP contribution is 2.32. The molecule has 0 unspecified atom stereocenters. The third kappa shape index (κ3) is 4.45. The van der Waals surface area contributed by atoms with E-state index in [1.54, 1.807) is 17.7 Å². The van der Waals surface area contributed by atoms with Crippen molar-refractivity contribution in [2.24, 2.45) is 18.9 Å². The molecule has 0 spiro atoms. The summed E-state index contributed by atoms with van der Waals surface area (Å²) in [6, 6.07) is 4.03. The summed E-state index contributed by atoms with van der Waals surface area (Å²) in [6.45, 7) is 12.3. The van der Waals surface area contributed by atoms with Crippen LogP contribution in [0.25, 0.3) is 0 Å². The van der Waals surface area contributed by atoms with Crippen LogP contribution >= 0.6 is 0 Å². The van der Waals surface area contributed by atoms with Gasteiger partial charge in [-0.05, 0) is 49.1 Å². The fraction of sp³-hybridized carbons (Fsp3) is 0.727. The first-order valence-corrected chi connectivity index (χ1v) is 10.5. The molecule has 0 radical (unpaired) electrons. The maximum Gasteiger partial charge on any atom is 0.263 e. The number of nitrogens with zero attached hydrogens (tertiary/aromatic N) is 3. The predicted octanol–water partition coefficient (Wildman–Crippen LogP) is 3.09. The van der Waals surface area contributed by atoms with Crippen LogP contribution in [0.15, 0.2) is 16.9 Å². The number of hydrogen-bond donors (Lipinski definition) is 0. The van der Waals surface area contributed by atoms with Gasteiger partial charge in [0.05, 0.1) is 0 Å². The van der Waals surface area contributed by atoms with Crippen molar-refractivity contribution in [3.63, 3.8) is 0 Å². The summed E-state index contributed by atoms with van der Waals surface area (Å²) < 4.78 is 1.63. The van der Waals surface area contributed by atoms with Crippen molar-refractivity contribution in [3.05, 3.63) is 33.7 Å². The number of rotatable bonds is 5. The summed E-state index contributed by atoms with van der Waals surface area (Å²) in [6.07, 6.45) is 3.68. The first-order chi connectivity index (χ1) is 12.8. The fourth-order valence-electron chi connectivity index (χ4n) is 4.30. The van der Waals surface area contributed by atoms with Gasteiger partial charge in [0.2, 0.25) is 0 Å². The van der Waals surface area contributed by atoms with Crippen LogP contribution in [0.2, 0.25) is 0 Å². The molecule has 1 aliphatic carbocycles. The van der Waals surface area contributed by atoms with E-state index >= 15 is 0 Å². The van der Waals surface area contributed by atoms with E-state index in [1.807, 2.05) is 11.0 Å². The number of amides is 1. The number of pyridine rings is 1. The zero-order valence-electron chi connectivity index (χ0n) is 17.6. The first-order valence-electron chi connectivity index (χ1n) is 10.5. The van der Waals surface area contributed by atoms with Crippen LogP contribution in [0.3, 0.4) is 0 Å². The molecule has 0 aromatic carbocycles. The Kier molecular flexibility index (Phi) is 6.09. The maximum absolute atomic E-state index is 13.2. The zero-order chi connectivity index (χ0) is 19.7. The fourth-order valence-corrected chi connectivity index (χ4v) is 4.30. The summed E-state index contributed by atoms with van der Waals surface area (Å²) in [7, 11) is 1.77. The molecule has 1 amide bonds. The molecule has 1 saturated heterocycles. The van der Waals surface area contributed by atoms with Gasteiger partial charge >= 0.3 is 0 Å². The highest BCUT2D eigenvalue weighted by molar-refractivity contribution is 5.94. The normalized spacial score (nSPS) is 21.7. The monoisotopic (exact) mass is 373 g/mol. The number of hydrogen-bond acceptors (Lipinski definition) is 3. The second-order valence-corrected chi connectivity index (χ2v) is 9.05. The third-order valence-electron chi connectivity index (χ3n) is 6.16. The van der Waals surface area contributed by atoms with E-state index in [0.29, 0.717) is 17.5 Å². The molecule has 1 aromatic heterocycles. The topological polar surface area (TPSA) is 45.6 Å². The lowest BCUT2D eigenvalue weighted by atomic mass is 10.0. The van der Waals surface area contributed by atoms with Gasteiger partial charge in [-0.15, -0.1) is 0 Å². The number of carbonyl (C=O) groups is 1. The van der Waals surface area contributed by atoms with Gasteiger partial charge in [0.25, 0.3) is 11.5 Å². The lowest BCUT2D eigenvalue weighted by molar-refractivity contribution is 0.0702. The molecule has 1 aliphatic heterocycles. The lowest BCUT2D eigenvalue weighted by Gasteiger charge is -2.34. The maximum atomic E-state index is 13.2. The molecule has 2 fully saturated rings. The van der Waals surface area contributed by atoms with Gasteiger partial charge in [-0.1, -0.05) is 27.7 Å². The van der Waals surface area contributed by atoms with Gasteiger partial charge in [-0.3, -0.25) is 14.5 Å². The van der Waals surface area contributed by atoms with Crippen molar-refractivity contribution in [2.75, 3.05) is 26.2 Å². The van der Waals surface area contributed by atoms with Crippen molar-refractivity contribution < 1.29 is 4.79 Å². The summed E-state index contributed by atoms with van der Waals surface area (Å²) in [5.74, 6) is 1.49. The van der Waals surface area contributed by atoms with E-state index in [0.717, 1.165) is 44.2 Å². The minimum Gasteiger partial charge on any atom is -0.337 e. The Balaban J connectivity index is 1.81. The SMILES string of the molecule is CC(C)c1ccc(C(=O)N2CCCN(CC3CC3)[C@@H](C(C)C)C2)c(=O)n1C. The average Bonchev–Trinajstić information content (AvgIpc) is 3.43. The van der Waals surface area contributed by atoms with Crippen LogP contribution in [0.5, 0.6) is 0 Å².